The van der Waals surface area contributed by atoms with Crippen molar-refractivity contribution in [2.75, 3.05) is 59.7 Å². The molecule has 294 valence electrons. The maximum atomic E-state index is 13.3. The molecule has 0 aromatic heterocycles. The fourth-order valence-electron chi connectivity index (χ4n) is 6.45. The summed E-state index contributed by atoms with van der Waals surface area (Å²) in [5.41, 5.74) is 17.6. The first-order valence-electron chi connectivity index (χ1n) is 19.7. The molecule has 7 N–H and O–H groups in total. The second-order valence-electron chi connectivity index (χ2n) is 13.4. The van der Waals surface area contributed by atoms with Crippen LogP contribution in [0.1, 0.15) is 130 Å². The first-order valence-corrected chi connectivity index (χ1v) is 19.7. The molecule has 12 heteroatoms. The average Bonchev–Trinajstić information content (AvgIpc) is 3.15. The van der Waals surface area contributed by atoms with Crippen molar-refractivity contribution in [3.63, 3.8) is 0 Å². The minimum atomic E-state index is -0.844. The topological polar surface area (TPSA) is 180 Å². The number of hydrogen-bond donors (Lipinski definition) is 4. The van der Waals surface area contributed by atoms with Crippen LogP contribution >= 0.6 is 0 Å². The molecule has 1 amide bonds. The smallest absolute Gasteiger partial charge is 0.339 e. The lowest BCUT2D eigenvalue weighted by atomic mass is 9.98. The van der Waals surface area contributed by atoms with E-state index in [1.807, 2.05) is 0 Å². The largest absolute Gasteiger partial charge is 0.459 e. The number of nitrogens with two attached hydrogens (primary N) is 3. The van der Waals surface area contributed by atoms with Gasteiger partial charge in [0.2, 0.25) is 0 Å². The van der Waals surface area contributed by atoms with Gasteiger partial charge in [0.25, 0.3) is 5.91 Å². The van der Waals surface area contributed by atoms with Gasteiger partial charge >= 0.3 is 5.97 Å². The van der Waals surface area contributed by atoms with Crippen LogP contribution in [-0.2, 0) is 28.4 Å². The molecule has 0 aliphatic carbocycles. The molecular weight excluding hydrogens is 652 g/mol. The molecule has 0 unspecified atom stereocenters. The standard InChI is InChI=1S/C39H70N4O8/c1-3-4-5-6-7-8-9-10-11-12-13-14-15-16-17-20-26-43-37(44)31-21-18-19-22-32(31)38(45)50-30-33-34(47-27-23-40)35(48-28-24-41)36(49-29-25-42)39(46-2)51-33/h18-19,21-22,33-36,39H,3-17,20,23-30,40-42H2,1-2H3,(H,43,44)/t33-,34+,35+,36-,39+/m1/s1. The Morgan fingerprint density at radius 1 is 0.667 bits per heavy atom. The van der Waals surface area contributed by atoms with E-state index in [2.05, 4.69) is 12.2 Å². The van der Waals surface area contributed by atoms with Crippen LogP contribution in [0.2, 0.25) is 0 Å². The summed E-state index contributed by atoms with van der Waals surface area (Å²) in [5, 5.41) is 2.97. The normalized spacial score (nSPS) is 20.4. The minimum Gasteiger partial charge on any atom is -0.459 e. The second-order valence-corrected chi connectivity index (χ2v) is 13.4. The Kier molecular flexibility index (Phi) is 25.9. The number of benzene rings is 1. The van der Waals surface area contributed by atoms with E-state index in [-0.39, 0.29) is 56.6 Å². The summed E-state index contributed by atoms with van der Waals surface area (Å²) >= 11 is 0. The number of hydrogen-bond acceptors (Lipinski definition) is 11. The first-order chi connectivity index (χ1) is 25.0. The Morgan fingerprint density at radius 3 is 1.65 bits per heavy atom. The van der Waals surface area contributed by atoms with Gasteiger partial charge < -0.3 is 50.9 Å². The molecule has 1 aliphatic heterocycles. The first kappa shape index (κ1) is 45.0. The van der Waals surface area contributed by atoms with Gasteiger partial charge in [-0.15, -0.1) is 0 Å². The van der Waals surface area contributed by atoms with E-state index in [0.717, 1.165) is 19.3 Å². The lowest BCUT2D eigenvalue weighted by Crippen LogP contribution is -2.62. The minimum absolute atomic E-state index is 0.167. The van der Waals surface area contributed by atoms with Crippen molar-refractivity contribution in [3.8, 4) is 0 Å². The van der Waals surface area contributed by atoms with E-state index < -0.39 is 36.7 Å². The van der Waals surface area contributed by atoms with Crippen molar-refractivity contribution in [1.82, 2.24) is 5.32 Å². The summed E-state index contributed by atoms with van der Waals surface area (Å²) in [6, 6.07) is 6.63. The van der Waals surface area contributed by atoms with Gasteiger partial charge in [0.05, 0.1) is 30.9 Å². The van der Waals surface area contributed by atoms with Gasteiger partial charge in [-0.05, 0) is 18.6 Å². The van der Waals surface area contributed by atoms with Gasteiger partial charge in [-0.1, -0.05) is 115 Å². The Bertz CT molecular complexity index is 1030. The molecule has 0 saturated carbocycles. The van der Waals surface area contributed by atoms with Crippen molar-refractivity contribution in [1.29, 1.82) is 0 Å². The fourth-order valence-corrected chi connectivity index (χ4v) is 6.45. The zero-order chi connectivity index (χ0) is 36.9. The van der Waals surface area contributed by atoms with Crippen LogP contribution in [0.15, 0.2) is 24.3 Å². The quantitative estimate of drug-likeness (QED) is 0.0582. The van der Waals surface area contributed by atoms with Crippen LogP contribution in [0.5, 0.6) is 0 Å². The molecule has 1 aromatic carbocycles. The van der Waals surface area contributed by atoms with Crippen LogP contribution in [0.3, 0.4) is 0 Å². The SMILES string of the molecule is CCCCCCCCCCCCCCCCCCNC(=O)c1ccccc1C(=O)OC[C@H]1O[C@H](OC)[C@H](OCCN)[C@@H](OCCN)[C@H]1OCCN. The zero-order valence-corrected chi connectivity index (χ0v) is 31.7. The summed E-state index contributed by atoms with van der Waals surface area (Å²) in [6.07, 6.45) is 17.1. The summed E-state index contributed by atoms with van der Waals surface area (Å²) in [7, 11) is 1.49. The van der Waals surface area contributed by atoms with E-state index >= 15 is 0 Å². The maximum Gasteiger partial charge on any atom is 0.339 e. The number of amides is 1. The van der Waals surface area contributed by atoms with Crippen molar-refractivity contribution >= 4 is 11.9 Å². The van der Waals surface area contributed by atoms with Crippen LogP contribution in [0.25, 0.3) is 0 Å². The van der Waals surface area contributed by atoms with Crippen molar-refractivity contribution in [2.45, 2.75) is 140 Å². The summed E-state index contributed by atoms with van der Waals surface area (Å²) < 4.78 is 35.5. The van der Waals surface area contributed by atoms with Crippen LogP contribution in [0, 0.1) is 0 Å². The summed E-state index contributed by atoms with van der Waals surface area (Å²) in [4.78, 5) is 26.5. The number of rotatable bonds is 31. The molecule has 0 radical (unpaired) electrons. The molecular formula is C39H70N4O8. The lowest BCUT2D eigenvalue weighted by molar-refractivity contribution is -0.315. The van der Waals surface area contributed by atoms with Crippen LogP contribution in [-0.4, -0.2) is 102 Å². The highest BCUT2D eigenvalue weighted by atomic mass is 16.7. The molecule has 0 spiro atoms. The van der Waals surface area contributed by atoms with Gasteiger partial charge in [0.15, 0.2) is 6.29 Å². The van der Waals surface area contributed by atoms with Gasteiger partial charge in [-0.2, -0.15) is 0 Å². The lowest BCUT2D eigenvalue weighted by Gasteiger charge is -2.45. The molecule has 1 heterocycles. The Balaban J connectivity index is 1.78. The molecule has 0 bridgehead atoms. The third-order valence-electron chi connectivity index (χ3n) is 9.19. The predicted molar refractivity (Wildman–Crippen MR) is 201 cm³/mol. The van der Waals surface area contributed by atoms with E-state index in [9.17, 15) is 9.59 Å². The zero-order valence-electron chi connectivity index (χ0n) is 31.7. The van der Waals surface area contributed by atoms with Crippen LogP contribution < -0.4 is 22.5 Å². The monoisotopic (exact) mass is 723 g/mol. The number of unbranched alkanes of at least 4 members (excludes halogenated alkanes) is 15. The number of nitrogens with one attached hydrogen (secondary N) is 1. The average molecular weight is 723 g/mol. The molecule has 1 fully saturated rings. The number of methoxy groups -OCH3 is 1. The van der Waals surface area contributed by atoms with Crippen molar-refractivity contribution in [3.05, 3.63) is 35.4 Å². The van der Waals surface area contributed by atoms with Crippen molar-refractivity contribution in [2.24, 2.45) is 17.2 Å². The molecule has 2 rings (SSSR count). The van der Waals surface area contributed by atoms with Crippen LogP contribution in [0.4, 0.5) is 0 Å². The molecule has 1 aliphatic rings. The van der Waals surface area contributed by atoms with E-state index in [1.165, 1.54) is 90.6 Å². The van der Waals surface area contributed by atoms with E-state index in [1.54, 1.807) is 24.3 Å². The molecule has 5 atom stereocenters. The molecule has 1 aromatic rings. The third-order valence-corrected chi connectivity index (χ3v) is 9.19. The fraction of sp³-hybridized carbons (Fsp3) is 0.795. The van der Waals surface area contributed by atoms with Gasteiger partial charge in [0, 0.05) is 33.3 Å². The highest BCUT2D eigenvalue weighted by Gasteiger charge is 2.49. The van der Waals surface area contributed by atoms with Gasteiger partial charge in [-0.25, -0.2) is 4.79 Å². The number of carbonyl (C=O) groups excluding carboxylic acids is 2. The van der Waals surface area contributed by atoms with E-state index in [4.69, 9.17) is 45.6 Å². The molecule has 51 heavy (non-hydrogen) atoms. The highest BCUT2D eigenvalue weighted by molar-refractivity contribution is 6.05. The Morgan fingerprint density at radius 2 is 1.14 bits per heavy atom. The van der Waals surface area contributed by atoms with E-state index in [0.29, 0.717) is 13.1 Å². The highest BCUT2D eigenvalue weighted by Crippen LogP contribution is 2.29. The molecule has 12 nitrogen and oxygen atoms in total. The third kappa shape index (κ3) is 17.9. The van der Waals surface area contributed by atoms with Crippen molar-refractivity contribution < 1.29 is 38.0 Å². The summed E-state index contributed by atoms with van der Waals surface area (Å²) in [6.45, 7) is 4.16. The number of ether oxygens (including phenoxy) is 6. The maximum absolute atomic E-state index is 13.3. The van der Waals surface area contributed by atoms with Gasteiger partial charge in [-0.3, -0.25) is 4.79 Å². The summed E-state index contributed by atoms with van der Waals surface area (Å²) in [5.74, 6) is -0.963. The second kappa shape index (κ2) is 29.3. The molecule has 1 saturated heterocycles. The Labute approximate surface area is 307 Å². The predicted octanol–water partition coefficient (Wildman–Crippen LogP) is 5.24. The van der Waals surface area contributed by atoms with Gasteiger partial charge in [0.1, 0.15) is 31.0 Å². The number of carbonyl (C=O) groups is 2. The Hall–Kier alpha value is -2.16. The number of esters is 1.